The number of hydrogen-bond donors (Lipinski definition) is 1. The molecule has 0 bridgehead atoms. The van der Waals surface area contributed by atoms with Crippen LogP contribution in [0.25, 0.3) is 23.2 Å². The molecule has 20 heavy (non-hydrogen) atoms. The summed E-state index contributed by atoms with van der Waals surface area (Å²) in [6.45, 7) is 0. The van der Waals surface area contributed by atoms with Crippen LogP contribution in [-0.2, 0) is 0 Å². The number of nitrogens with one attached hydrogen (secondary N) is 1. The van der Waals surface area contributed by atoms with Gasteiger partial charge in [-0.05, 0) is 29.8 Å². The van der Waals surface area contributed by atoms with Crippen LogP contribution in [0.2, 0.25) is 5.02 Å². The molecule has 1 heterocycles. The minimum atomic E-state index is -0.216. The Labute approximate surface area is 120 Å². The number of halogens is 1. The number of hydrogen-bond acceptors (Lipinski definition) is 2. The van der Waals surface area contributed by atoms with Gasteiger partial charge in [-0.3, -0.25) is 4.79 Å². The highest BCUT2D eigenvalue weighted by atomic mass is 35.5. The molecule has 0 saturated carbocycles. The van der Waals surface area contributed by atoms with E-state index in [0.29, 0.717) is 10.7 Å². The maximum Gasteiger partial charge on any atom is 0.274 e. The summed E-state index contributed by atoms with van der Waals surface area (Å²) >= 11 is 6.07. The molecule has 1 N–H and O–H groups in total. The first-order valence-electron chi connectivity index (χ1n) is 6.16. The molecule has 0 spiro atoms. The maximum atomic E-state index is 11.9. The van der Waals surface area contributed by atoms with Gasteiger partial charge in [-0.1, -0.05) is 48.0 Å². The highest BCUT2D eigenvalue weighted by molar-refractivity contribution is 6.32. The van der Waals surface area contributed by atoms with Crippen molar-refractivity contribution in [1.82, 2.24) is 9.97 Å². The summed E-state index contributed by atoms with van der Waals surface area (Å²) in [6, 6.07) is 14.9. The minimum Gasteiger partial charge on any atom is -0.319 e. The molecule has 0 fully saturated rings. The summed E-state index contributed by atoms with van der Waals surface area (Å²) in [6.07, 6.45) is 3.46. The molecular formula is C16H11ClN2O. The monoisotopic (exact) mass is 282 g/mol. The van der Waals surface area contributed by atoms with Gasteiger partial charge in [0.15, 0.2) is 0 Å². The number of H-pyrrole nitrogens is 1. The summed E-state index contributed by atoms with van der Waals surface area (Å²) in [5.41, 5.74) is 2.48. The van der Waals surface area contributed by atoms with Gasteiger partial charge in [-0.25, -0.2) is 4.98 Å². The van der Waals surface area contributed by atoms with Gasteiger partial charge < -0.3 is 4.98 Å². The van der Waals surface area contributed by atoms with Crippen molar-refractivity contribution in [3.05, 3.63) is 75.2 Å². The van der Waals surface area contributed by atoms with Crippen molar-refractivity contribution in [2.45, 2.75) is 0 Å². The first kappa shape index (κ1) is 12.6. The molecule has 0 saturated heterocycles. The second-order valence-corrected chi connectivity index (χ2v) is 4.73. The van der Waals surface area contributed by atoms with Crippen molar-refractivity contribution in [2.75, 3.05) is 0 Å². The molecule has 0 aliphatic rings. The molecule has 3 rings (SSSR count). The number of aromatic nitrogens is 2. The Kier molecular flexibility index (Phi) is 3.35. The zero-order chi connectivity index (χ0) is 13.9. The van der Waals surface area contributed by atoms with E-state index in [-0.39, 0.29) is 5.56 Å². The van der Waals surface area contributed by atoms with E-state index >= 15 is 0 Å². The molecule has 98 valence electrons. The Bertz CT molecular complexity index is 852. The van der Waals surface area contributed by atoms with Crippen LogP contribution in [-0.4, -0.2) is 9.97 Å². The van der Waals surface area contributed by atoms with E-state index in [9.17, 15) is 4.79 Å². The van der Waals surface area contributed by atoms with E-state index in [1.165, 1.54) is 0 Å². The van der Waals surface area contributed by atoms with Gasteiger partial charge in [-0.2, -0.15) is 0 Å². The molecule has 3 aromatic rings. The van der Waals surface area contributed by atoms with Crippen LogP contribution < -0.4 is 5.56 Å². The molecule has 0 radical (unpaired) electrons. The average Bonchev–Trinajstić information content (AvgIpc) is 2.46. The lowest BCUT2D eigenvalue weighted by Gasteiger charge is -1.99. The average molecular weight is 283 g/mol. The third-order valence-electron chi connectivity index (χ3n) is 2.95. The molecule has 0 aliphatic carbocycles. The van der Waals surface area contributed by atoms with Crippen LogP contribution >= 0.6 is 11.6 Å². The number of fused-ring (bicyclic) bond motifs is 1. The van der Waals surface area contributed by atoms with Crippen molar-refractivity contribution in [1.29, 1.82) is 0 Å². The van der Waals surface area contributed by atoms with E-state index in [2.05, 4.69) is 9.97 Å². The predicted octanol–water partition coefficient (Wildman–Crippen LogP) is 3.75. The lowest BCUT2D eigenvalue weighted by molar-refractivity contribution is 1.19. The Morgan fingerprint density at radius 2 is 1.75 bits per heavy atom. The van der Waals surface area contributed by atoms with Gasteiger partial charge in [-0.15, -0.1) is 0 Å². The third kappa shape index (κ3) is 2.49. The lowest BCUT2D eigenvalue weighted by atomic mass is 10.2. The zero-order valence-corrected chi connectivity index (χ0v) is 11.3. The fraction of sp³-hybridized carbons (Fsp3) is 0. The number of rotatable bonds is 2. The van der Waals surface area contributed by atoms with E-state index in [4.69, 9.17) is 11.6 Å². The fourth-order valence-electron chi connectivity index (χ4n) is 1.94. The van der Waals surface area contributed by atoms with Gasteiger partial charge in [0.05, 0.1) is 11.0 Å². The Balaban J connectivity index is 2.05. The maximum absolute atomic E-state index is 11.9. The second kappa shape index (κ2) is 5.31. The highest BCUT2D eigenvalue weighted by Crippen LogP contribution is 2.17. The summed E-state index contributed by atoms with van der Waals surface area (Å²) in [4.78, 5) is 19.1. The van der Waals surface area contributed by atoms with Gasteiger partial charge in [0.2, 0.25) is 0 Å². The SMILES string of the molecule is O=c1[nH]c2ccccc2nc1/C=C\c1ccccc1Cl. The summed E-state index contributed by atoms with van der Waals surface area (Å²) < 4.78 is 0. The molecule has 0 atom stereocenters. The molecule has 4 heteroatoms. The summed E-state index contributed by atoms with van der Waals surface area (Å²) in [7, 11) is 0. The largest absolute Gasteiger partial charge is 0.319 e. The molecule has 0 aliphatic heterocycles. The van der Waals surface area contributed by atoms with E-state index in [1.54, 1.807) is 18.2 Å². The van der Waals surface area contributed by atoms with Crippen LogP contribution in [0.5, 0.6) is 0 Å². The topological polar surface area (TPSA) is 45.8 Å². The molecule has 0 unspecified atom stereocenters. The zero-order valence-electron chi connectivity index (χ0n) is 10.5. The van der Waals surface area contributed by atoms with E-state index in [0.717, 1.165) is 16.6 Å². The number of benzene rings is 2. The van der Waals surface area contributed by atoms with E-state index < -0.39 is 0 Å². The van der Waals surface area contributed by atoms with Crippen molar-refractivity contribution >= 4 is 34.8 Å². The fourth-order valence-corrected chi connectivity index (χ4v) is 2.13. The molecule has 1 aromatic heterocycles. The number of para-hydroxylation sites is 2. The molecule has 2 aromatic carbocycles. The molecule has 0 amide bonds. The van der Waals surface area contributed by atoms with Crippen LogP contribution in [0.3, 0.4) is 0 Å². The first-order valence-corrected chi connectivity index (χ1v) is 6.53. The van der Waals surface area contributed by atoms with Gasteiger partial charge in [0, 0.05) is 5.02 Å². The van der Waals surface area contributed by atoms with Crippen molar-refractivity contribution < 1.29 is 0 Å². The quantitative estimate of drug-likeness (QED) is 0.778. The Hall–Kier alpha value is -2.39. The Morgan fingerprint density at radius 1 is 1.00 bits per heavy atom. The van der Waals surface area contributed by atoms with Gasteiger partial charge >= 0.3 is 0 Å². The van der Waals surface area contributed by atoms with E-state index in [1.807, 2.05) is 42.5 Å². The highest BCUT2D eigenvalue weighted by Gasteiger charge is 2.01. The standard InChI is InChI=1S/C16H11ClN2O/c17-12-6-2-1-5-11(12)9-10-15-16(20)19-14-8-4-3-7-13(14)18-15/h1-10H,(H,19,20)/b10-9-. The van der Waals surface area contributed by atoms with Crippen molar-refractivity contribution in [3.8, 4) is 0 Å². The Morgan fingerprint density at radius 3 is 2.60 bits per heavy atom. The summed E-state index contributed by atoms with van der Waals surface area (Å²) in [5, 5.41) is 0.640. The van der Waals surface area contributed by atoms with Crippen LogP contribution in [0.1, 0.15) is 11.3 Å². The number of aromatic amines is 1. The first-order chi connectivity index (χ1) is 9.74. The summed E-state index contributed by atoms with van der Waals surface area (Å²) in [5.74, 6) is 0. The predicted molar refractivity (Wildman–Crippen MR) is 82.7 cm³/mol. The second-order valence-electron chi connectivity index (χ2n) is 4.32. The van der Waals surface area contributed by atoms with Crippen LogP contribution in [0, 0.1) is 0 Å². The van der Waals surface area contributed by atoms with Crippen molar-refractivity contribution in [2.24, 2.45) is 0 Å². The molecule has 3 nitrogen and oxygen atoms in total. The van der Waals surface area contributed by atoms with Crippen LogP contribution in [0.4, 0.5) is 0 Å². The van der Waals surface area contributed by atoms with Crippen molar-refractivity contribution in [3.63, 3.8) is 0 Å². The smallest absolute Gasteiger partial charge is 0.274 e. The van der Waals surface area contributed by atoms with Crippen LogP contribution in [0.15, 0.2) is 53.3 Å². The number of nitrogens with zero attached hydrogens (tertiary/aromatic N) is 1. The normalized spacial score (nSPS) is 11.2. The van der Waals surface area contributed by atoms with Gasteiger partial charge in [0.1, 0.15) is 5.69 Å². The molecular weight excluding hydrogens is 272 g/mol. The van der Waals surface area contributed by atoms with Gasteiger partial charge in [0.25, 0.3) is 5.56 Å². The lowest BCUT2D eigenvalue weighted by Crippen LogP contribution is -2.11. The third-order valence-corrected chi connectivity index (χ3v) is 3.30. The minimum absolute atomic E-state index is 0.216.